The minimum absolute atomic E-state index is 0.0622. The van der Waals surface area contributed by atoms with Crippen molar-refractivity contribution in [1.29, 1.82) is 0 Å². The lowest BCUT2D eigenvalue weighted by Gasteiger charge is -2.36. The van der Waals surface area contributed by atoms with Crippen LogP contribution in [0, 0.1) is 5.92 Å². The molecular formula is C14H31NO. The highest BCUT2D eigenvalue weighted by molar-refractivity contribution is 4.86. The predicted octanol–water partition coefficient (Wildman–Crippen LogP) is 3.61. The molecule has 0 rings (SSSR count). The molecule has 0 saturated carbocycles. The zero-order valence-electron chi connectivity index (χ0n) is 12.1. The molecule has 2 unspecified atom stereocenters. The molecule has 0 aliphatic carbocycles. The van der Waals surface area contributed by atoms with Gasteiger partial charge in [0.15, 0.2) is 0 Å². The molecular weight excluding hydrogens is 198 g/mol. The number of rotatable bonds is 9. The molecule has 0 radical (unpaired) electrons. The quantitative estimate of drug-likeness (QED) is 0.652. The second-order valence-electron chi connectivity index (χ2n) is 5.29. The first kappa shape index (κ1) is 15.9. The normalized spacial score (nSPS) is 16.1. The highest BCUT2D eigenvalue weighted by atomic mass is 16.5. The number of ether oxygens (including phenoxy) is 1. The van der Waals surface area contributed by atoms with Crippen molar-refractivity contribution in [3.63, 3.8) is 0 Å². The highest BCUT2D eigenvalue weighted by Gasteiger charge is 2.30. The fourth-order valence-corrected chi connectivity index (χ4v) is 1.97. The SMILES string of the molecule is CCCNC(CC(C)CC)C(C)(C)OCC. The largest absolute Gasteiger partial charge is 0.374 e. The van der Waals surface area contributed by atoms with E-state index < -0.39 is 0 Å². The second-order valence-corrected chi connectivity index (χ2v) is 5.29. The van der Waals surface area contributed by atoms with Gasteiger partial charge in [0.25, 0.3) is 0 Å². The summed E-state index contributed by atoms with van der Waals surface area (Å²) in [7, 11) is 0. The molecule has 0 fully saturated rings. The molecule has 0 aliphatic heterocycles. The van der Waals surface area contributed by atoms with Gasteiger partial charge in [0, 0.05) is 12.6 Å². The van der Waals surface area contributed by atoms with E-state index in [0.29, 0.717) is 6.04 Å². The third-order valence-electron chi connectivity index (χ3n) is 3.33. The van der Waals surface area contributed by atoms with Gasteiger partial charge in [-0.2, -0.15) is 0 Å². The minimum Gasteiger partial charge on any atom is -0.374 e. The van der Waals surface area contributed by atoms with Crippen LogP contribution in [0.2, 0.25) is 0 Å². The first-order valence-corrected chi connectivity index (χ1v) is 6.85. The smallest absolute Gasteiger partial charge is 0.0778 e. The molecule has 0 aromatic heterocycles. The van der Waals surface area contributed by atoms with Crippen molar-refractivity contribution in [2.24, 2.45) is 5.92 Å². The average molecular weight is 229 g/mol. The lowest BCUT2D eigenvalue weighted by Crippen LogP contribution is -2.49. The van der Waals surface area contributed by atoms with E-state index in [1.165, 1.54) is 19.3 Å². The van der Waals surface area contributed by atoms with E-state index in [-0.39, 0.29) is 5.60 Å². The van der Waals surface area contributed by atoms with Gasteiger partial charge in [0.2, 0.25) is 0 Å². The van der Waals surface area contributed by atoms with E-state index in [0.717, 1.165) is 19.1 Å². The van der Waals surface area contributed by atoms with E-state index in [4.69, 9.17) is 4.74 Å². The molecule has 2 heteroatoms. The molecule has 0 saturated heterocycles. The van der Waals surface area contributed by atoms with E-state index in [2.05, 4.69) is 46.9 Å². The summed E-state index contributed by atoms with van der Waals surface area (Å²) in [6.45, 7) is 15.1. The fraction of sp³-hybridized carbons (Fsp3) is 1.00. The van der Waals surface area contributed by atoms with Gasteiger partial charge in [-0.05, 0) is 46.1 Å². The molecule has 1 N–H and O–H groups in total. The van der Waals surface area contributed by atoms with Crippen LogP contribution in [0.25, 0.3) is 0 Å². The number of hydrogen-bond acceptors (Lipinski definition) is 2. The molecule has 2 atom stereocenters. The van der Waals surface area contributed by atoms with Crippen molar-refractivity contribution in [1.82, 2.24) is 5.32 Å². The summed E-state index contributed by atoms with van der Waals surface area (Å²) in [6.07, 6.45) is 3.62. The standard InChI is InChI=1S/C14H31NO/c1-7-10-15-13(11-12(4)8-2)14(5,6)16-9-3/h12-13,15H,7-11H2,1-6H3. The van der Waals surface area contributed by atoms with Gasteiger partial charge in [-0.1, -0.05) is 27.2 Å². The van der Waals surface area contributed by atoms with E-state index in [9.17, 15) is 0 Å². The Balaban J connectivity index is 4.38. The van der Waals surface area contributed by atoms with E-state index >= 15 is 0 Å². The summed E-state index contributed by atoms with van der Waals surface area (Å²) < 4.78 is 5.87. The van der Waals surface area contributed by atoms with Crippen molar-refractivity contribution >= 4 is 0 Å². The third-order valence-corrected chi connectivity index (χ3v) is 3.33. The van der Waals surface area contributed by atoms with Crippen LogP contribution in [-0.4, -0.2) is 24.8 Å². The second kappa shape index (κ2) is 8.08. The maximum absolute atomic E-state index is 5.87. The Bertz CT molecular complexity index is 168. The Kier molecular flexibility index (Phi) is 8.04. The summed E-state index contributed by atoms with van der Waals surface area (Å²) in [6, 6.07) is 0.461. The molecule has 0 aromatic carbocycles. The molecule has 98 valence electrons. The van der Waals surface area contributed by atoms with Gasteiger partial charge in [0.1, 0.15) is 0 Å². The van der Waals surface area contributed by atoms with Crippen LogP contribution in [0.3, 0.4) is 0 Å². The molecule has 2 nitrogen and oxygen atoms in total. The molecule has 0 amide bonds. The van der Waals surface area contributed by atoms with Crippen LogP contribution in [0.5, 0.6) is 0 Å². The van der Waals surface area contributed by atoms with Crippen molar-refractivity contribution in [3.05, 3.63) is 0 Å². The summed E-state index contributed by atoms with van der Waals surface area (Å²) in [5.41, 5.74) is -0.0622. The van der Waals surface area contributed by atoms with Crippen LogP contribution >= 0.6 is 0 Å². The minimum atomic E-state index is -0.0622. The zero-order chi connectivity index (χ0) is 12.6. The highest BCUT2D eigenvalue weighted by Crippen LogP contribution is 2.22. The van der Waals surface area contributed by atoms with Crippen molar-refractivity contribution in [2.75, 3.05) is 13.2 Å². The maximum atomic E-state index is 5.87. The van der Waals surface area contributed by atoms with Crippen molar-refractivity contribution in [2.45, 2.75) is 72.4 Å². The van der Waals surface area contributed by atoms with Crippen LogP contribution < -0.4 is 5.32 Å². The van der Waals surface area contributed by atoms with Crippen LogP contribution in [0.15, 0.2) is 0 Å². The van der Waals surface area contributed by atoms with Gasteiger partial charge < -0.3 is 10.1 Å². The van der Waals surface area contributed by atoms with Gasteiger partial charge in [-0.15, -0.1) is 0 Å². The topological polar surface area (TPSA) is 21.3 Å². The predicted molar refractivity (Wildman–Crippen MR) is 71.9 cm³/mol. The van der Waals surface area contributed by atoms with E-state index in [1.807, 2.05) is 0 Å². The van der Waals surface area contributed by atoms with Gasteiger partial charge in [0.05, 0.1) is 5.60 Å². The Morgan fingerprint density at radius 3 is 2.25 bits per heavy atom. The molecule has 0 aromatic rings. The van der Waals surface area contributed by atoms with Crippen LogP contribution in [0.4, 0.5) is 0 Å². The first-order valence-electron chi connectivity index (χ1n) is 6.85. The van der Waals surface area contributed by atoms with E-state index in [1.54, 1.807) is 0 Å². The first-order chi connectivity index (χ1) is 7.47. The van der Waals surface area contributed by atoms with Gasteiger partial charge in [-0.3, -0.25) is 0 Å². The Hall–Kier alpha value is -0.0800. The molecule has 0 bridgehead atoms. The van der Waals surface area contributed by atoms with Gasteiger partial charge in [-0.25, -0.2) is 0 Å². The lowest BCUT2D eigenvalue weighted by atomic mass is 9.88. The summed E-state index contributed by atoms with van der Waals surface area (Å²) in [4.78, 5) is 0. The van der Waals surface area contributed by atoms with Crippen molar-refractivity contribution < 1.29 is 4.74 Å². The lowest BCUT2D eigenvalue weighted by molar-refractivity contribution is -0.0432. The molecule has 0 aliphatic rings. The molecule has 0 spiro atoms. The summed E-state index contributed by atoms with van der Waals surface area (Å²) in [5, 5.41) is 3.63. The zero-order valence-corrected chi connectivity index (χ0v) is 12.1. The summed E-state index contributed by atoms with van der Waals surface area (Å²) >= 11 is 0. The fourth-order valence-electron chi connectivity index (χ4n) is 1.97. The number of hydrogen-bond donors (Lipinski definition) is 1. The Morgan fingerprint density at radius 1 is 1.19 bits per heavy atom. The average Bonchev–Trinajstić information content (AvgIpc) is 2.23. The van der Waals surface area contributed by atoms with Crippen LogP contribution in [-0.2, 0) is 4.74 Å². The van der Waals surface area contributed by atoms with Gasteiger partial charge >= 0.3 is 0 Å². The Morgan fingerprint density at radius 2 is 1.81 bits per heavy atom. The Labute approximate surface area is 102 Å². The third kappa shape index (κ3) is 5.86. The monoisotopic (exact) mass is 229 g/mol. The van der Waals surface area contributed by atoms with Crippen molar-refractivity contribution in [3.8, 4) is 0 Å². The number of nitrogens with one attached hydrogen (secondary N) is 1. The maximum Gasteiger partial charge on any atom is 0.0778 e. The molecule has 16 heavy (non-hydrogen) atoms. The van der Waals surface area contributed by atoms with Crippen LogP contribution in [0.1, 0.15) is 60.8 Å². The molecule has 0 heterocycles. The summed E-state index contributed by atoms with van der Waals surface area (Å²) in [5.74, 6) is 0.758.